The zero-order valence-electron chi connectivity index (χ0n) is 15.7. The maximum absolute atomic E-state index is 6.39. The number of para-hydroxylation sites is 1. The van der Waals surface area contributed by atoms with Crippen molar-refractivity contribution in [2.24, 2.45) is 5.10 Å². The molecule has 2 aliphatic heterocycles. The number of hydrogen-bond acceptors (Lipinski definition) is 6. The molecule has 0 amide bonds. The lowest BCUT2D eigenvalue weighted by Gasteiger charge is -2.38. The SMILES string of the molecule is COc1ccc(OC)c([C@H]2Oc3ccccc3[C@@H]3CC(c4ccco4)=NN23)c1. The van der Waals surface area contributed by atoms with Gasteiger partial charge >= 0.3 is 0 Å². The second-order valence-corrected chi connectivity index (χ2v) is 6.74. The van der Waals surface area contributed by atoms with E-state index in [-0.39, 0.29) is 6.04 Å². The highest BCUT2D eigenvalue weighted by Crippen LogP contribution is 2.49. The second kappa shape index (κ2) is 6.64. The molecule has 0 unspecified atom stereocenters. The van der Waals surface area contributed by atoms with Gasteiger partial charge in [-0.05, 0) is 36.4 Å². The molecule has 0 saturated carbocycles. The second-order valence-electron chi connectivity index (χ2n) is 6.74. The first-order valence-electron chi connectivity index (χ1n) is 9.15. The van der Waals surface area contributed by atoms with E-state index in [1.165, 1.54) is 0 Å². The van der Waals surface area contributed by atoms with Gasteiger partial charge in [0.1, 0.15) is 28.7 Å². The fourth-order valence-corrected chi connectivity index (χ4v) is 3.86. The van der Waals surface area contributed by atoms with Crippen LogP contribution in [-0.4, -0.2) is 24.9 Å². The topological polar surface area (TPSA) is 56.4 Å². The zero-order chi connectivity index (χ0) is 19.1. The predicted molar refractivity (Wildman–Crippen MR) is 104 cm³/mol. The lowest BCUT2D eigenvalue weighted by molar-refractivity contribution is -0.0204. The van der Waals surface area contributed by atoms with Crippen LogP contribution in [0.3, 0.4) is 0 Å². The summed E-state index contributed by atoms with van der Waals surface area (Å²) >= 11 is 0. The van der Waals surface area contributed by atoms with Crippen LogP contribution < -0.4 is 14.2 Å². The Morgan fingerprint density at radius 3 is 2.68 bits per heavy atom. The third-order valence-electron chi connectivity index (χ3n) is 5.21. The Hall–Kier alpha value is -3.41. The van der Waals surface area contributed by atoms with E-state index in [0.717, 1.165) is 46.3 Å². The molecular formula is C22H20N2O4. The Labute approximate surface area is 162 Å². The first kappa shape index (κ1) is 16.7. The number of rotatable bonds is 4. The van der Waals surface area contributed by atoms with Gasteiger partial charge in [-0.15, -0.1) is 0 Å². The van der Waals surface area contributed by atoms with Crippen molar-refractivity contribution in [3.05, 3.63) is 77.7 Å². The molecule has 6 heteroatoms. The summed E-state index contributed by atoms with van der Waals surface area (Å²) in [6.07, 6.45) is 1.98. The van der Waals surface area contributed by atoms with E-state index in [9.17, 15) is 0 Å². The number of hydrogen-bond donors (Lipinski definition) is 0. The van der Waals surface area contributed by atoms with Crippen LogP contribution in [0.1, 0.15) is 35.6 Å². The average molecular weight is 376 g/mol. The Bertz CT molecular complexity index is 1030. The first-order chi connectivity index (χ1) is 13.8. The van der Waals surface area contributed by atoms with Gasteiger partial charge in [0.15, 0.2) is 0 Å². The van der Waals surface area contributed by atoms with Gasteiger partial charge < -0.3 is 18.6 Å². The molecule has 142 valence electrons. The van der Waals surface area contributed by atoms with Crippen molar-refractivity contribution in [3.63, 3.8) is 0 Å². The lowest BCUT2D eigenvalue weighted by Crippen LogP contribution is -2.33. The van der Waals surface area contributed by atoms with Crippen LogP contribution in [0.2, 0.25) is 0 Å². The summed E-state index contributed by atoms with van der Waals surface area (Å²) in [6.45, 7) is 0. The minimum atomic E-state index is -0.433. The van der Waals surface area contributed by atoms with Crippen LogP contribution in [0.15, 0.2) is 70.4 Å². The van der Waals surface area contributed by atoms with Gasteiger partial charge in [-0.25, -0.2) is 5.01 Å². The van der Waals surface area contributed by atoms with Crippen LogP contribution in [0.25, 0.3) is 0 Å². The van der Waals surface area contributed by atoms with Crippen molar-refractivity contribution in [2.45, 2.75) is 18.7 Å². The highest BCUT2D eigenvalue weighted by molar-refractivity contribution is 5.99. The van der Waals surface area contributed by atoms with E-state index in [4.69, 9.17) is 23.7 Å². The molecule has 0 N–H and O–H groups in total. The number of benzene rings is 2. The summed E-state index contributed by atoms with van der Waals surface area (Å²) in [5.74, 6) is 3.10. The fourth-order valence-electron chi connectivity index (χ4n) is 3.86. The van der Waals surface area contributed by atoms with Crippen molar-refractivity contribution in [1.82, 2.24) is 5.01 Å². The molecule has 3 heterocycles. The van der Waals surface area contributed by atoms with Crippen molar-refractivity contribution in [1.29, 1.82) is 0 Å². The maximum atomic E-state index is 6.39. The van der Waals surface area contributed by atoms with Crippen LogP contribution in [0.4, 0.5) is 0 Å². The van der Waals surface area contributed by atoms with Gasteiger partial charge in [0.2, 0.25) is 6.23 Å². The Balaban J connectivity index is 1.64. The van der Waals surface area contributed by atoms with Crippen molar-refractivity contribution in [3.8, 4) is 17.2 Å². The van der Waals surface area contributed by atoms with Gasteiger partial charge in [-0.2, -0.15) is 5.10 Å². The molecule has 3 aromatic rings. The predicted octanol–water partition coefficient (Wildman–Crippen LogP) is 4.54. The zero-order valence-corrected chi connectivity index (χ0v) is 15.7. The third kappa shape index (κ3) is 2.60. The van der Waals surface area contributed by atoms with E-state index in [2.05, 4.69) is 6.07 Å². The molecule has 2 aliphatic rings. The third-order valence-corrected chi connectivity index (χ3v) is 5.21. The highest BCUT2D eigenvalue weighted by Gasteiger charge is 2.42. The van der Waals surface area contributed by atoms with Crippen LogP contribution >= 0.6 is 0 Å². The minimum Gasteiger partial charge on any atom is -0.497 e. The molecule has 6 nitrogen and oxygen atoms in total. The number of fused-ring (bicyclic) bond motifs is 3. The van der Waals surface area contributed by atoms with Crippen LogP contribution in [0.5, 0.6) is 17.2 Å². The molecule has 0 bridgehead atoms. The molecule has 2 atom stereocenters. The number of nitrogens with zero attached hydrogens (tertiary/aromatic N) is 2. The summed E-state index contributed by atoms with van der Waals surface area (Å²) in [5, 5.41) is 6.87. The van der Waals surface area contributed by atoms with E-state index in [1.807, 2.05) is 53.5 Å². The summed E-state index contributed by atoms with van der Waals surface area (Å²) in [4.78, 5) is 0. The fraction of sp³-hybridized carbons (Fsp3) is 0.227. The molecule has 0 aliphatic carbocycles. The molecule has 0 radical (unpaired) electrons. The maximum Gasteiger partial charge on any atom is 0.217 e. The number of hydrazone groups is 1. The molecule has 28 heavy (non-hydrogen) atoms. The molecule has 2 aromatic carbocycles. The number of ether oxygens (including phenoxy) is 3. The Morgan fingerprint density at radius 2 is 1.89 bits per heavy atom. The van der Waals surface area contributed by atoms with E-state index in [1.54, 1.807) is 20.5 Å². The molecule has 1 aromatic heterocycles. The molecule has 0 spiro atoms. The van der Waals surface area contributed by atoms with Gasteiger partial charge in [0.25, 0.3) is 0 Å². The number of methoxy groups -OCH3 is 2. The molecule has 0 fully saturated rings. The van der Waals surface area contributed by atoms with Gasteiger partial charge in [0.05, 0.1) is 32.1 Å². The summed E-state index contributed by atoms with van der Waals surface area (Å²) in [5.41, 5.74) is 2.89. The Kier molecular flexibility index (Phi) is 3.97. The van der Waals surface area contributed by atoms with Crippen molar-refractivity contribution in [2.75, 3.05) is 14.2 Å². The summed E-state index contributed by atoms with van der Waals surface area (Å²) in [6, 6.07) is 17.7. The minimum absolute atomic E-state index is 0.0611. The van der Waals surface area contributed by atoms with Crippen LogP contribution in [-0.2, 0) is 0 Å². The monoisotopic (exact) mass is 376 g/mol. The van der Waals surface area contributed by atoms with Gasteiger partial charge in [0, 0.05) is 12.0 Å². The lowest BCUT2D eigenvalue weighted by atomic mass is 9.97. The van der Waals surface area contributed by atoms with Crippen LogP contribution in [0, 0.1) is 0 Å². The Morgan fingerprint density at radius 1 is 1.00 bits per heavy atom. The molecule has 0 saturated heterocycles. The van der Waals surface area contributed by atoms with E-state index >= 15 is 0 Å². The van der Waals surface area contributed by atoms with Gasteiger partial charge in [-0.3, -0.25) is 0 Å². The first-order valence-corrected chi connectivity index (χ1v) is 9.15. The normalized spacial score (nSPS) is 20.1. The smallest absolute Gasteiger partial charge is 0.217 e. The molecular weight excluding hydrogens is 356 g/mol. The molecule has 5 rings (SSSR count). The highest BCUT2D eigenvalue weighted by atomic mass is 16.5. The average Bonchev–Trinajstić information content (AvgIpc) is 3.42. The number of furan rings is 1. The standard InChI is InChI=1S/C22H20N2O4/c1-25-14-9-10-19(26-2)16(12-14)22-24-18(15-6-3-4-7-20(15)28-22)13-17(23-24)21-8-5-11-27-21/h3-12,18,22H,13H2,1-2H3/t18-,22+/m0/s1. The van der Waals surface area contributed by atoms with Crippen molar-refractivity contribution >= 4 is 5.71 Å². The largest absolute Gasteiger partial charge is 0.497 e. The van der Waals surface area contributed by atoms with E-state index < -0.39 is 6.23 Å². The summed E-state index contributed by atoms with van der Waals surface area (Å²) in [7, 11) is 3.30. The van der Waals surface area contributed by atoms with Gasteiger partial charge in [-0.1, -0.05) is 18.2 Å². The quantitative estimate of drug-likeness (QED) is 0.669. The van der Waals surface area contributed by atoms with E-state index in [0.29, 0.717) is 0 Å². The van der Waals surface area contributed by atoms with Crippen molar-refractivity contribution < 1.29 is 18.6 Å². The summed E-state index contributed by atoms with van der Waals surface area (Å²) < 4.78 is 23.0.